The molecule has 3 heteroatoms. The maximum atomic E-state index is 3.60. The molecule has 0 spiro atoms. The van der Waals surface area contributed by atoms with E-state index in [4.69, 9.17) is 0 Å². The van der Waals surface area contributed by atoms with E-state index in [0.29, 0.717) is 14.5 Å². The summed E-state index contributed by atoms with van der Waals surface area (Å²) in [5.41, 5.74) is 1.50. The van der Waals surface area contributed by atoms with Gasteiger partial charge in [-0.1, -0.05) is 0 Å². The van der Waals surface area contributed by atoms with Crippen LogP contribution in [0.25, 0.3) is 0 Å². The van der Waals surface area contributed by atoms with Crippen LogP contribution in [0, 0.1) is 0 Å². The van der Waals surface area contributed by atoms with Crippen LogP contribution in [0.1, 0.15) is 25.3 Å². The second-order valence-electron chi connectivity index (χ2n) is 2.45. The summed E-state index contributed by atoms with van der Waals surface area (Å²) < 4.78 is 2.79. The third-order valence-corrected chi connectivity index (χ3v) is 5.53. The van der Waals surface area contributed by atoms with Crippen molar-refractivity contribution in [3.63, 3.8) is 0 Å². The quantitative estimate of drug-likeness (QED) is 0.735. The van der Waals surface area contributed by atoms with Crippen molar-refractivity contribution in [1.82, 2.24) is 0 Å². The number of aryl methyl sites for hydroxylation is 1. The minimum absolute atomic E-state index is 0.531. The van der Waals surface area contributed by atoms with Gasteiger partial charge in [-0.15, -0.1) is 0 Å². The molecule has 0 atom stereocenters. The Bertz CT molecular complexity index is 230. The first-order valence-electron chi connectivity index (χ1n) is 3.67. The second-order valence-corrected chi connectivity index (χ2v) is 8.67. The Morgan fingerprint density at radius 1 is 1.45 bits per heavy atom. The zero-order valence-corrected chi connectivity index (χ0v) is 11.2. The molecule has 1 rings (SSSR count). The molecule has 62 valence electrons. The van der Waals surface area contributed by atoms with Gasteiger partial charge in [-0.25, -0.2) is 0 Å². The van der Waals surface area contributed by atoms with E-state index >= 15 is 0 Å². The molecule has 0 bridgehead atoms. The number of hydrogen-bond donors (Lipinski definition) is 0. The molecule has 0 amide bonds. The third kappa shape index (κ3) is 3.06. The van der Waals surface area contributed by atoms with Gasteiger partial charge in [-0.2, -0.15) is 0 Å². The van der Waals surface area contributed by atoms with Crippen molar-refractivity contribution in [3.8, 4) is 0 Å². The first kappa shape index (κ1) is 10.0. The van der Waals surface area contributed by atoms with Gasteiger partial charge in [0.15, 0.2) is 0 Å². The molecule has 0 radical (unpaired) electrons. The first-order chi connectivity index (χ1) is 5.24. The van der Waals surface area contributed by atoms with Crippen molar-refractivity contribution in [2.75, 3.05) is 0 Å². The number of rotatable bonds is 3. The minimum atomic E-state index is 0.531. The zero-order chi connectivity index (χ0) is 8.27. The molecular formula is C8H10Br2Se. The van der Waals surface area contributed by atoms with Crippen molar-refractivity contribution in [2.45, 2.75) is 26.2 Å². The standard InChI is InChI=1S/C8H10Br2Se/c1-2-3-4-6-5-7(9)11-8(6)10/h5H,2-4H2,1H3. The summed E-state index contributed by atoms with van der Waals surface area (Å²) in [7, 11) is 0. The Kier molecular flexibility index (Phi) is 4.44. The van der Waals surface area contributed by atoms with E-state index in [1.165, 1.54) is 31.5 Å². The molecule has 0 N–H and O–H groups in total. The molecule has 0 saturated carbocycles. The molecule has 0 nitrogen and oxygen atoms in total. The van der Waals surface area contributed by atoms with Crippen LogP contribution in [0.5, 0.6) is 0 Å². The van der Waals surface area contributed by atoms with E-state index in [1.54, 1.807) is 0 Å². The number of hydrogen-bond acceptors (Lipinski definition) is 0. The summed E-state index contributed by atoms with van der Waals surface area (Å²) in [4.78, 5) is 0. The first-order valence-corrected chi connectivity index (χ1v) is 6.97. The van der Waals surface area contributed by atoms with E-state index < -0.39 is 0 Å². The van der Waals surface area contributed by atoms with Crippen LogP contribution in [0.4, 0.5) is 0 Å². The average molecular weight is 345 g/mol. The molecule has 1 aromatic heterocycles. The fraction of sp³-hybridized carbons (Fsp3) is 0.500. The summed E-state index contributed by atoms with van der Waals surface area (Å²) in [6.45, 7) is 2.23. The predicted octanol–water partition coefficient (Wildman–Crippen LogP) is 3.61. The molecule has 0 aromatic carbocycles. The predicted molar refractivity (Wildman–Crippen MR) is 57.4 cm³/mol. The molecule has 0 unspecified atom stereocenters. The van der Waals surface area contributed by atoms with Crippen molar-refractivity contribution in [3.05, 3.63) is 18.3 Å². The summed E-state index contributed by atoms with van der Waals surface area (Å²) in [6, 6.07) is 2.26. The Morgan fingerprint density at radius 2 is 2.18 bits per heavy atom. The van der Waals surface area contributed by atoms with Crippen LogP contribution >= 0.6 is 31.9 Å². The van der Waals surface area contributed by atoms with Crippen LogP contribution in [0.15, 0.2) is 12.8 Å². The van der Waals surface area contributed by atoms with Crippen LogP contribution in [-0.4, -0.2) is 14.5 Å². The molecule has 0 saturated heterocycles. The molecule has 11 heavy (non-hydrogen) atoms. The zero-order valence-electron chi connectivity index (χ0n) is 6.36. The van der Waals surface area contributed by atoms with Gasteiger partial charge in [0.05, 0.1) is 0 Å². The normalized spacial score (nSPS) is 10.5. The Labute approximate surface area is 90.4 Å². The SMILES string of the molecule is CCCCc1cc(Br)[se]c1Br. The van der Waals surface area contributed by atoms with E-state index in [9.17, 15) is 0 Å². The van der Waals surface area contributed by atoms with Crippen molar-refractivity contribution in [2.24, 2.45) is 0 Å². The van der Waals surface area contributed by atoms with Crippen LogP contribution in [0.2, 0.25) is 0 Å². The van der Waals surface area contributed by atoms with Gasteiger partial charge in [-0.05, 0) is 0 Å². The van der Waals surface area contributed by atoms with Gasteiger partial charge in [0.2, 0.25) is 0 Å². The molecule has 0 aliphatic carbocycles. The van der Waals surface area contributed by atoms with Gasteiger partial charge in [0.25, 0.3) is 0 Å². The topological polar surface area (TPSA) is 0 Å². The van der Waals surface area contributed by atoms with Gasteiger partial charge >= 0.3 is 90.9 Å². The summed E-state index contributed by atoms with van der Waals surface area (Å²) >= 11 is 7.66. The van der Waals surface area contributed by atoms with Gasteiger partial charge in [0, 0.05) is 0 Å². The number of halogens is 2. The van der Waals surface area contributed by atoms with Gasteiger partial charge in [0.1, 0.15) is 0 Å². The molecular weight excluding hydrogens is 335 g/mol. The van der Waals surface area contributed by atoms with Gasteiger partial charge in [-0.3, -0.25) is 0 Å². The van der Waals surface area contributed by atoms with Crippen molar-refractivity contribution in [1.29, 1.82) is 0 Å². The van der Waals surface area contributed by atoms with Crippen LogP contribution in [0.3, 0.4) is 0 Å². The average Bonchev–Trinajstić information content (AvgIpc) is 2.26. The van der Waals surface area contributed by atoms with E-state index in [2.05, 4.69) is 44.8 Å². The maximum absolute atomic E-state index is 3.60. The van der Waals surface area contributed by atoms with E-state index in [-0.39, 0.29) is 0 Å². The van der Waals surface area contributed by atoms with Gasteiger partial charge < -0.3 is 0 Å². The number of unbranched alkanes of at least 4 members (excludes halogenated alkanes) is 1. The van der Waals surface area contributed by atoms with E-state index in [1.807, 2.05) is 0 Å². The fourth-order valence-corrected chi connectivity index (χ4v) is 5.77. The van der Waals surface area contributed by atoms with E-state index in [0.717, 1.165) is 0 Å². The Morgan fingerprint density at radius 3 is 2.64 bits per heavy atom. The summed E-state index contributed by atoms with van der Waals surface area (Å²) in [6.07, 6.45) is 3.81. The fourth-order valence-electron chi connectivity index (χ4n) is 0.912. The molecule has 0 aliphatic rings. The van der Waals surface area contributed by atoms with Crippen molar-refractivity contribution < 1.29 is 0 Å². The van der Waals surface area contributed by atoms with Crippen molar-refractivity contribution >= 4 is 46.4 Å². The van der Waals surface area contributed by atoms with Crippen LogP contribution in [-0.2, 0) is 6.42 Å². The molecule has 1 aromatic rings. The summed E-state index contributed by atoms with van der Waals surface area (Å²) in [5.74, 6) is 0. The monoisotopic (exact) mass is 344 g/mol. The summed E-state index contributed by atoms with van der Waals surface area (Å²) in [5, 5.41) is 0. The Balaban J connectivity index is 2.62. The second kappa shape index (κ2) is 4.86. The van der Waals surface area contributed by atoms with Crippen LogP contribution < -0.4 is 0 Å². The molecule has 0 aliphatic heterocycles. The molecule has 0 fully saturated rings. The molecule has 1 heterocycles. The third-order valence-electron chi connectivity index (χ3n) is 1.53. The Hall–Kier alpha value is 0.959.